The molecule has 2 rings (SSSR count). The average Bonchev–Trinajstić information content (AvgIpc) is 2.80. The number of benzene rings is 1. The Morgan fingerprint density at radius 3 is 1.44 bits per heavy atom. The zero-order valence-corrected chi connectivity index (χ0v) is 29.2. The molecule has 2 aromatic rings. The molecule has 0 aliphatic carbocycles. The van der Waals surface area contributed by atoms with Crippen LogP contribution in [0.2, 0.25) is 0 Å². The number of ketones is 2. The molecule has 1 aromatic heterocycles. The predicted octanol–water partition coefficient (Wildman–Crippen LogP) is 10.8. The van der Waals surface area contributed by atoms with Gasteiger partial charge in [-0.15, -0.1) is 0 Å². The molecular weight excluding hydrogens is 502 g/mol. The highest BCUT2D eigenvalue weighted by atomic mass is 16.1. The normalized spacial score (nSPS) is 15.0. The summed E-state index contributed by atoms with van der Waals surface area (Å²) >= 11 is 0. The third-order valence-corrected chi connectivity index (χ3v) is 9.62. The van der Waals surface area contributed by atoms with E-state index in [1.54, 1.807) is 13.8 Å². The van der Waals surface area contributed by atoms with Gasteiger partial charge in [-0.3, -0.25) is 14.6 Å². The highest BCUT2D eigenvalue weighted by molar-refractivity contribution is 6.07. The van der Waals surface area contributed by atoms with Gasteiger partial charge >= 0.3 is 0 Å². The standard InChI is InChI=1S/C38H59NO2/c1-17-30(27-21-32(35(7,8)9)39-33(22-27)36(10,11)12)37(13,14)38(15,16)31(23-34(4,5)6)26-18-19-28(24(2)40)29(20-26)25(3)41/h18-22,30-31H,17,23H2,1-16H3. The largest absolute Gasteiger partial charge is 0.294 e. The summed E-state index contributed by atoms with van der Waals surface area (Å²) in [6.07, 6.45) is 1.98. The Morgan fingerprint density at radius 2 is 1.07 bits per heavy atom. The van der Waals surface area contributed by atoms with Crippen molar-refractivity contribution in [1.29, 1.82) is 0 Å². The van der Waals surface area contributed by atoms with Gasteiger partial charge < -0.3 is 0 Å². The van der Waals surface area contributed by atoms with E-state index in [1.165, 1.54) is 5.56 Å². The molecule has 2 atom stereocenters. The van der Waals surface area contributed by atoms with E-state index in [-0.39, 0.29) is 44.6 Å². The summed E-state index contributed by atoms with van der Waals surface area (Å²) in [5, 5.41) is 0. The van der Waals surface area contributed by atoms with Crippen molar-refractivity contribution in [3.63, 3.8) is 0 Å². The molecule has 3 nitrogen and oxygen atoms in total. The molecule has 41 heavy (non-hydrogen) atoms. The van der Waals surface area contributed by atoms with E-state index in [9.17, 15) is 9.59 Å². The van der Waals surface area contributed by atoms with E-state index in [0.717, 1.165) is 29.8 Å². The summed E-state index contributed by atoms with van der Waals surface area (Å²) in [6.45, 7) is 35.5. The number of hydrogen-bond acceptors (Lipinski definition) is 3. The number of pyridine rings is 1. The van der Waals surface area contributed by atoms with Crippen molar-refractivity contribution in [3.05, 3.63) is 64.0 Å². The van der Waals surface area contributed by atoms with Crippen LogP contribution >= 0.6 is 0 Å². The van der Waals surface area contributed by atoms with Crippen molar-refractivity contribution in [2.24, 2.45) is 16.2 Å². The summed E-state index contributed by atoms with van der Waals surface area (Å²) in [4.78, 5) is 30.2. The van der Waals surface area contributed by atoms with Gasteiger partial charge in [-0.25, -0.2) is 0 Å². The monoisotopic (exact) mass is 561 g/mol. The van der Waals surface area contributed by atoms with Gasteiger partial charge in [0.25, 0.3) is 0 Å². The molecule has 1 aromatic carbocycles. The first-order chi connectivity index (χ1) is 18.3. The number of carbonyl (C=O) groups is 2. The first-order valence-electron chi connectivity index (χ1n) is 15.5. The molecule has 0 spiro atoms. The fraction of sp³-hybridized carbons (Fsp3) is 0.658. The Labute approximate surface area is 252 Å². The zero-order chi connectivity index (χ0) is 31.9. The Balaban J connectivity index is 2.83. The number of hydrogen-bond donors (Lipinski definition) is 0. The van der Waals surface area contributed by atoms with Gasteiger partial charge in [0.05, 0.1) is 0 Å². The zero-order valence-electron chi connectivity index (χ0n) is 29.2. The van der Waals surface area contributed by atoms with Gasteiger partial charge in [-0.2, -0.15) is 0 Å². The summed E-state index contributed by atoms with van der Waals surface area (Å²) in [7, 11) is 0. The maximum absolute atomic E-state index is 12.7. The van der Waals surface area contributed by atoms with Crippen molar-refractivity contribution >= 4 is 11.6 Å². The van der Waals surface area contributed by atoms with Crippen LogP contribution in [-0.4, -0.2) is 16.6 Å². The van der Waals surface area contributed by atoms with Gasteiger partial charge in [-0.1, -0.05) is 109 Å². The maximum atomic E-state index is 12.7. The molecule has 2 unspecified atom stereocenters. The van der Waals surface area contributed by atoms with Gasteiger partial charge in [0.1, 0.15) is 0 Å². The summed E-state index contributed by atoms with van der Waals surface area (Å²) < 4.78 is 0. The summed E-state index contributed by atoms with van der Waals surface area (Å²) in [5.74, 6) is 0.351. The third kappa shape index (κ3) is 7.76. The smallest absolute Gasteiger partial charge is 0.160 e. The number of nitrogens with zero attached hydrogens (tertiary/aromatic N) is 1. The van der Waals surface area contributed by atoms with E-state index < -0.39 is 0 Å². The lowest BCUT2D eigenvalue weighted by atomic mass is 9.51. The van der Waals surface area contributed by atoms with Crippen LogP contribution in [0.3, 0.4) is 0 Å². The topological polar surface area (TPSA) is 47.0 Å². The summed E-state index contributed by atoms with van der Waals surface area (Å²) in [5.41, 5.74) is 5.55. The molecule has 0 fully saturated rings. The highest BCUT2D eigenvalue weighted by Gasteiger charge is 2.49. The second-order valence-corrected chi connectivity index (χ2v) is 16.8. The number of rotatable bonds is 9. The van der Waals surface area contributed by atoms with Gasteiger partial charge in [0, 0.05) is 33.3 Å². The maximum Gasteiger partial charge on any atom is 0.160 e. The lowest BCUT2D eigenvalue weighted by molar-refractivity contribution is 0.0295. The molecule has 0 aliphatic heterocycles. The minimum Gasteiger partial charge on any atom is -0.294 e. The van der Waals surface area contributed by atoms with Gasteiger partial charge in [0.15, 0.2) is 11.6 Å². The SMILES string of the molecule is CCC(c1cc(C(C)(C)C)nc(C(C)(C)C)c1)C(C)(C)C(C)(C)C(CC(C)(C)C)c1ccc(C(C)=O)c(C(C)=O)c1. The van der Waals surface area contributed by atoms with Crippen molar-refractivity contribution in [2.75, 3.05) is 0 Å². The van der Waals surface area contributed by atoms with Crippen LogP contribution in [0.5, 0.6) is 0 Å². The lowest BCUT2D eigenvalue weighted by Gasteiger charge is -2.53. The van der Waals surface area contributed by atoms with Crippen molar-refractivity contribution in [2.45, 2.75) is 146 Å². The van der Waals surface area contributed by atoms with Crippen LogP contribution in [0.25, 0.3) is 0 Å². The van der Waals surface area contributed by atoms with Crippen LogP contribution in [0.1, 0.15) is 179 Å². The second kappa shape index (κ2) is 11.8. The molecule has 0 saturated carbocycles. The molecule has 0 N–H and O–H groups in total. The molecule has 0 aliphatic rings. The van der Waals surface area contributed by atoms with E-state index >= 15 is 0 Å². The number of aromatic nitrogens is 1. The molecule has 3 heteroatoms. The first-order valence-corrected chi connectivity index (χ1v) is 15.5. The molecule has 0 saturated heterocycles. The number of Topliss-reactive ketones (excluding diaryl/α,β-unsaturated/α-hetero) is 2. The second-order valence-electron chi connectivity index (χ2n) is 16.8. The van der Waals surface area contributed by atoms with E-state index in [1.807, 2.05) is 12.1 Å². The minimum atomic E-state index is -0.153. The molecule has 0 bridgehead atoms. The van der Waals surface area contributed by atoms with Crippen molar-refractivity contribution < 1.29 is 9.59 Å². The number of carbonyl (C=O) groups excluding carboxylic acids is 2. The van der Waals surface area contributed by atoms with E-state index in [4.69, 9.17) is 4.98 Å². The Bertz CT molecular complexity index is 1230. The van der Waals surface area contributed by atoms with Crippen LogP contribution in [0.15, 0.2) is 30.3 Å². The van der Waals surface area contributed by atoms with Crippen LogP contribution in [-0.2, 0) is 10.8 Å². The molecular formula is C38H59NO2. The predicted molar refractivity (Wildman–Crippen MR) is 175 cm³/mol. The van der Waals surface area contributed by atoms with Crippen molar-refractivity contribution in [1.82, 2.24) is 4.98 Å². The molecule has 0 radical (unpaired) electrons. The van der Waals surface area contributed by atoms with Gasteiger partial charge in [-0.05, 0) is 84.1 Å². The Morgan fingerprint density at radius 1 is 0.634 bits per heavy atom. The van der Waals surface area contributed by atoms with E-state index in [0.29, 0.717) is 17.0 Å². The molecule has 0 amide bonds. The van der Waals surface area contributed by atoms with Gasteiger partial charge in [0.2, 0.25) is 0 Å². The fourth-order valence-corrected chi connectivity index (χ4v) is 6.36. The van der Waals surface area contributed by atoms with Crippen molar-refractivity contribution in [3.8, 4) is 0 Å². The lowest BCUT2D eigenvalue weighted by Crippen LogP contribution is -2.43. The first kappa shape index (κ1) is 34.9. The van der Waals surface area contributed by atoms with E-state index in [2.05, 4.69) is 115 Å². The highest BCUT2D eigenvalue weighted by Crippen LogP contribution is 2.59. The third-order valence-electron chi connectivity index (χ3n) is 9.62. The summed E-state index contributed by atoms with van der Waals surface area (Å²) in [6, 6.07) is 10.7. The quantitative estimate of drug-likeness (QED) is 0.286. The fourth-order valence-electron chi connectivity index (χ4n) is 6.36. The van der Waals surface area contributed by atoms with Crippen LogP contribution < -0.4 is 0 Å². The molecule has 228 valence electrons. The Hall–Kier alpha value is -2.29. The molecule has 1 heterocycles. The van der Waals surface area contributed by atoms with Crippen LogP contribution in [0.4, 0.5) is 0 Å². The average molecular weight is 562 g/mol. The Kier molecular flexibility index (Phi) is 10.0. The van der Waals surface area contributed by atoms with Crippen LogP contribution in [0, 0.1) is 16.2 Å². The minimum absolute atomic E-state index is 0.0513.